The maximum absolute atomic E-state index is 3.00. The first-order valence-electron chi connectivity index (χ1n) is 6.18. The van der Waals surface area contributed by atoms with E-state index in [0.29, 0.717) is 0 Å². The highest BCUT2D eigenvalue weighted by Gasteiger charge is 1.80. The zero-order chi connectivity index (χ0) is 13.0. The van der Waals surface area contributed by atoms with Crippen molar-refractivity contribution in [1.82, 2.24) is 0 Å². The largest absolute Gasteiger partial charge is 0.106 e. The van der Waals surface area contributed by atoms with Gasteiger partial charge in [0.1, 0.15) is 0 Å². The molecule has 0 nitrogen and oxygen atoms in total. The molecule has 0 aromatic heterocycles. The van der Waals surface area contributed by atoms with Gasteiger partial charge in [0.25, 0.3) is 0 Å². The van der Waals surface area contributed by atoms with E-state index in [1.54, 1.807) is 0 Å². The second-order valence-corrected chi connectivity index (χ2v) is 2.51. The summed E-state index contributed by atoms with van der Waals surface area (Å²) in [5.41, 5.74) is 0. The molecule has 0 saturated carbocycles. The number of rotatable bonds is 1. The van der Waals surface area contributed by atoms with Gasteiger partial charge in [-0.2, -0.15) is 0 Å². The average Bonchev–Trinajstić information content (AvgIpc) is 2.27. The summed E-state index contributed by atoms with van der Waals surface area (Å²) in [6.07, 6.45) is 2.56. The summed E-state index contributed by atoms with van der Waals surface area (Å²) in [4.78, 5) is 0. The lowest BCUT2D eigenvalue weighted by Gasteiger charge is -1.90. The quantitative estimate of drug-likeness (QED) is 0.438. The second kappa shape index (κ2) is 78.2. The van der Waals surface area contributed by atoms with Crippen LogP contribution in [-0.4, -0.2) is 0 Å². The van der Waals surface area contributed by atoms with Gasteiger partial charge in [-0.15, -0.1) is 13.2 Å². The van der Waals surface area contributed by atoms with Crippen LogP contribution >= 0.6 is 0 Å². The minimum absolute atomic E-state index is 0.884. The summed E-state index contributed by atoms with van der Waals surface area (Å²) in [6, 6.07) is 0. The Morgan fingerprint density at radius 2 is 0.857 bits per heavy atom. The van der Waals surface area contributed by atoms with E-state index in [1.165, 1.54) is 12.8 Å². The third kappa shape index (κ3) is 447. The van der Waals surface area contributed by atoms with Gasteiger partial charge in [-0.3, -0.25) is 0 Å². The van der Waals surface area contributed by atoms with E-state index in [2.05, 4.69) is 47.8 Å². The Morgan fingerprint density at radius 1 is 0.786 bits per heavy atom. The van der Waals surface area contributed by atoms with Gasteiger partial charge in [-0.25, -0.2) is 0 Å². The van der Waals surface area contributed by atoms with Crippen molar-refractivity contribution in [3.8, 4) is 0 Å². The van der Waals surface area contributed by atoms with E-state index in [-0.39, 0.29) is 0 Å². The Bertz CT molecular complexity index is 29.0. The Balaban J connectivity index is -0.0000000263. The average molecular weight is 204 g/mol. The molecule has 0 aromatic carbocycles. The highest BCUT2D eigenvalue weighted by Crippen LogP contribution is 1.93. The number of hydrogen-bond acceptors (Lipinski definition) is 0. The molecule has 92 valence electrons. The maximum Gasteiger partial charge on any atom is -0.0474 e. The van der Waals surface area contributed by atoms with Gasteiger partial charge in [-0.1, -0.05) is 75.2 Å². The summed E-state index contributed by atoms with van der Waals surface area (Å²) in [5.74, 6) is 0.884. The van der Waals surface area contributed by atoms with Crippen LogP contribution in [0.15, 0.2) is 13.2 Å². The van der Waals surface area contributed by atoms with Crippen LogP contribution in [0.5, 0.6) is 0 Å². The molecule has 0 unspecified atom stereocenters. The molecule has 0 heterocycles. The molecule has 14 heavy (non-hydrogen) atoms. The first kappa shape index (κ1) is 29.2. The van der Waals surface area contributed by atoms with Gasteiger partial charge in [-0.05, 0) is 5.92 Å². The van der Waals surface area contributed by atoms with E-state index in [4.69, 9.17) is 0 Å². The summed E-state index contributed by atoms with van der Waals surface area (Å²) < 4.78 is 0. The van der Waals surface area contributed by atoms with Crippen LogP contribution in [0.4, 0.5) is 0 Å². The fraction of sp³-hybridized carbons (Fsp3) is 0.857. The zero-order valence-electron chi connectivity index (χ0n) is 12.4. The molecule has 0 bridgehead atoms. The van der Waals surface area contributed by atoms with Crippen LogP contribution in [0.1, 0.15) is 75.2 Å². The van der Waals surface area contributed by atoms with Crippen molar-refractivity contribution in [2.24, 2.45) is 5.92 Å². The van der Waals surface area contributed by atoms with Crippen molar-refractivity contribution in [2.45, 2.75) is 75.2 Å². The van der Waals surface area contributed by atoms with Crippen molar-refractivity contribution < 1.29 is 0 Å². The third-order valence-corrected chi connectivity index (χ3v) is 0.816. The van der Waals surface area contributed by atoms with Crippen LogP contribution < -0.4 is 0 Å². The summed E-state index contributed by atoms with van der Waals surface area (Å²) in [7, 11) is 0. The van der Waals surface area contributed by atoms with Gasteiger partial charge in [0.05, 0.1) is 0 Å². The lowest BCUT2D eigenvalue weighted by molar-refractivity contribution is 0.626. The van der Waals surface area contributed by atoms with Gasteiger partial charge in [0.15, 0.2) is 0 Å². The van der Waals surface area contributed by atoms with Crippen molar-refractivity contribution >= 4 is 0 Å². The molecule has 0 aliphatic rings. The maximum atomic E-state index is 3.00. The normalized spacial score (nSPS) is 5.86. The highest BCUT2D eigenvalue weighted by molar-refractivity contribution is 4.32. The Labute approximate surface area is 94.8 Å². The summed E-state index contributed by atoms with van der Waals surface area (Å²) in [6.45, 7) is 24.9. The van der Waals surface area contributed by atoms with Crippen LogP contribution in [0.3, 0.4) is 0 Å². The first-order valence-corrected chi connectivity index (χ1v) is 6.18. The van der Waals surface area contributed by atoms with Crippen molar-refractivity contribution in [2.75, 3.05) is 0 Å². The Kier molecular flexibility index (Phi) is 163. The Morgan fingerprint density at radius 3 is 0.857 bits per heavy atom. The van der Waals surface area contributed by atoms with Crippen molar-refractivity contribution in [3.05, 3.63) is 13.2 Å². The molecule has 0 fully saturated rings. The van der Waals surface area contributed by atoms with E-state index in [9.17, 15) is 0 Å². The molecule has 0 spiro atoms. The first-order chi connectivity index (χ1) is 6.68. The topological polar surface area (TPSA) is 0 Å². The monoisotopic (exact) mass is 204 g/mol. The highest BCUT2D eigenvalue weighted by atomic mass is 13.9. The predicted molar refractivity (Wildman–Crippen MR) is 75.0 cm³/mol. The lowest BCUT2D eigenvalue weighted by Crippen LogP contribution is -1.77. The molecular formula is C14H36. The molecule has 0 atom stereocenters. The van der Waals surface area contributed by atoms with E-state index >= 15 is 0 Å². The molecule has 0 aromatic rings. The van der Waals surface area contributed by atoms with E-state index < -0.39 is 0 Å². The molecule has 0 rings (SSSR count). The molecule has 0 radical (unpaired) electrons. The van der Waals surface area contributed by atoms with Crippen molar-refractivity contribution in [1.29, 1.82) is 0 Å². The van der Waals surface area contributed by atoms with Gasteiger partial charge in [0.2, 0.25) is 0 Å². The molecule has 0 amide bonds. The molecule has 0 heteroatoms. The van der Waals surface area contributed by atoms with Crippen LogP contribution in [-0.2, 0) is 0 Å². The molecule has 0 N–H and O–H groups in total. The molecule has 0 aliphatic heterocycles. The minimum Gasteiger partial charge on any atom is -0.106 e. The van der Waals surface area contributed by atoms with Gasteiger partial charge in [0, 0.05) is 0 Å². The lowest BCUT2D eigenvalue weighted by atomic mass is 10.2. The minimum atomic E-state index is 0.884. The standard InChI is InChI=1S/C5H12.C3H8.2C2H6.C2H4/c1-4-5(2)3;1-3-2;3*1-2/h5H,4H2,1-3H3;3H2,1-2H3;2*1-2H3;1-2H2. The fourth-order valence-electron chi connectivity index (χ4n) is 0. The summed E-state index contributed by atoms with van der Waals surface area (Å²) >= 11 is 0. The zero-order valence-corrected chi connectivity index (χ0v) is 12.4. The van der Waals surface area contributed by atoms with E-state index in [1.807, 2.05) is 27.7 Å². The molecular weight excluding hydrogens is 168 g/mol. The van der Waals surface area contributed by atoms with Crippen LogP contribution in [0, 0.1) is 5.92 Å². The molecule has 0 aliphatic carbocycles. The smallest absolute Gasteiger partial charge is 0.0474 e. The fourth-order valence-corrected chi connectivity index (χ4v) is 0. The van der Waals surface area contributed by atoms with Gasteiger partial charge >= 0.3 is 0 Å². The number of hydrogen-bond donors (Lipinski definition) is 0. The SMILES string of the molecule is C=C.CC.CC.CCC.CCC(C)C. The van der Waals surface area contributed by atoms with Crippen molar-refractivity contribution in [3.63, 3.8) is 0 Å². The van der Waals surface area contributed by atoms with Crippen LogP contribution in [0.2, 0.25) is 0 Å². The van der Waals surface area contributed by atoms with Crippen LogP contribution in [0.25, 0.3) is 0 Å². The van der Waals surface area contributed by atoms with Gasteiger partial charge < -0.3 is 0 Å². The van der Waals surface area contributed by atoms with E-state index in [0.717, 1.165) is 5.92 Å². The predicted octanol–water partition coefficient (Wildman–Crippen LogP) is 6.32. The summed E-state index contributed by atoms with van der Waals surface area (Å²) in [5, 5.41) is 0. The molecule has 0 saturated heterocycles. The third-order valence-electron chi connectivity index (χ3n) is 0.816. The Hall–Kier alpha value is -0.260. The second-order valence-electron chi connectivity index (χ2n) is 2.51.